The summed E-state index contributed by atoms with van der Waals surface area (Å²) in [5.41, 5.74) is 4.89. The standard InChI is InChI=1S/C29H38O2/c1-9-28(10-2,26-15-13-24(20-30)22(5)19-26)25-14-12-23(21(4)18-25)16-17-29(31,11-3)27(6,7)8/h12-15,18-20,31H,9-11H2,1-8H3. The Balaban J connectivity index is 2.54. The molecule has 2 rings (SSSR count). The van der Waals surface area contributed by atoms with Crippen LogP contribution in [-0.2, 0) is 5.41 Å². The Labute approximate surface area is 189 Å². The van der Waals surface area contributed by atoms with Gasteiger partial charge in [0.25, 0.3) is 0 Å². The van der Waals surface area contributed by atoms with Crippen LogP contribution in [0.15, 0.2) is 36.4 Å². The minimum Gasteiger partial charge on any atom is -0.377 e. The highest BCUT2D eigenvalue weighted by atomic mass is 16.3. The first-order valence-corrected chi connectivity index (χ1v) is 11.4. The lowest BCUT2D eigenvalue weighted by atomic mass is 9.69. The number of aryl methyl sites for hydroxylation is 2. The molecule has 1 N–H and O–H groups in total. The summed E-state index contributed by atoms with van der Waals surface area (Å²) in [6.45, 7) is 16.6. The third kappa shape index (κ3) is 4.78. The monoisotopic (exact) mass is 418 g/mol. The summed E-state index contributed by atoms with van der Waals surface area (Å²) in [5, 5.41) is 11.0. The third-order valence-electron chi connectivity index (χ3n) is 7.09. The van der Waals surface area contributed by atoms with Gasteiger partial charge in [-0.25, -0.2) is 0 Å². The zero-order valence-corrected chi connectivity index (χ0v) is 20.5. The molecular formula is C29H38O2. The van der Waals surface area contributed by atoms with Gasteiger partial charge >= 0.3 is 0 Å². The molecule has 0 aliphatic rings. The van der Waals surface area contributed by atoms with E-state index in [1.807, 2.05) is 40.7 Å². The molecule has 0 aliphatic carbocycles. The van der Waals surface area contributed by atoms with E-state index < -0.39 is 5.60 Å². The number of hydrogen-bond donors (Lipinski definition) is 1. The van der Waals surface area contributed by atoms with Crippen molar-refractivity contribution in [1.82, 2.24) is 0 Å². The molecule has 166 valence electrons. The van der Waals surface area contributed by atoms with Gasteiger partial charge in [-0.1, -0.05) is 83.7 Å². The molecule has 31 heavy (non-hydrogen) atoms. The van der Waals surface area contributed by atoms with Crippen LogP contribution in [0.2, 0.25) is 0 Å². The van der Waals surface area contributed by atoms with Crippen LogP contribution in [0.5, 0.6) is 0 Å². The number of carbonyl (C=O) groups excluding carboxylic acids is 1. The van der Waals surface area contributed by atoms with E-state index in [2.05, 4.69) is 62.9 Å². The fourth-order valence-corrected chi connectivity index (χ4v) is 4.42. The molecule has 0 fully saturated rings. The van der Waals surface area contributed by atoms with Crippen LogP contribution < -0.4 is 0 Å². The smallest absolute Gasteiger partial charge is 0.150 e. The Kier molecular flexibility index (Phi) is 7.56. The molecule has 2 aromatic carbocycles. The predicted molar refractivity (Wildman–Crippen MR) is 131 cm³/mol. The highest BCUT2D eigenvalue weighted by Crippen LogP contribution is 2.40. The molecule has 1 unspecified atom stereocenters. The zero-order chi connectivity index (χ0) is 23.4. The molecule has 2 heteroatoms. The van der Waals surface area contributed by atoms with Gasteiger partial charge in [0.05, 0.1) is 0 Å². The van der Waals surface area contributed by atoms with E-state index in [-0.39, 0.29) is 10.8 Å². The van der Waals surface area contributed by atoms with Gasteiger partial charge in [-0.05, 0) is 61.4 Å². The van der Waals surface area contributed by atoms with Gasteiger partial charge < -0.3 is 5.11 Å². The van der Waals surface area contributed by atoms with Crippen LogP contribution in [0.3, 0.4) is 0 Å². The van der Waals surface area contributed by atoms with Gasteiger partial charge in [-0.3, -0.25) is 4.79 Å². The summed E-state index contributed by atoms with van der Waals surface area (Å²) < 4.78 is 0. The fourth-order valence-electron chi connectivity index (χ4n) is 4.42. The largest absolute Gasteiger partial charge is 0.377 e. The second-order valence-electron chi connectivity index (χ2n) is 9.72. The number of carbonyl (C=O) groups is 1. The van der Waals surface area contributed by atoms with Crippen molar-refractivity contribution in [2.45, 2.75) is 85.7 Å². The predicted octanol–water partition coefficient (Wildman–Crippen LogP) is 6.76. The molecule has 0 radical (unpaired) electrons. The molecule has 2 nitrogen and oxygen atoms in total. The van der Waals surface area contributed by atoms with Crippen LogP contribution in [0.4, 0.5) is 0 Å². The fraction of sp³-hybridized carbons (Fsp3) is 0.483. The van der Waals surface area contributed by atoms with E-state index in [9.17, 15) is 9.90 Å². The van der Waals surface area contributed by atoms with Gasteiger partial charge in [0, 0.05) is 22.0 Å². The van der Waals surface area contributed by atoms with Gasteiger partial charge in [-0.15, -0.1) is 0 Å². The summed E-state index contributed by atoms with van der Waals surface area (Å²) in [6, 6.07) is 12.7. The van der Waals surface area contributed by atoms with Crippen molar-refractivity contribution in [2.75, 3.05) is 0 Å². The summed E-state index contributed by atoms with van der Waals surface area (Å²) in [4.78, 5) is 11.3. The molecule has 0 saturated carbocycles. The zero-order valence-electron chi connectivity index (χ0n) is 20.5. The lowest BCUT2D eigenvalue weighted by Crippen LogP contribution is -2.40. The van der Waals surface area contributed by atoms with Crippen molar-refractivity contribution in [3.8, 4) is 11.8 Å². The summed E-state index contributed by atoms with van der Waals surface area (Å²) in [6.07, 6.45) is 3.44. The maximum absolute atomic E-state index is 11.3. The summed E-state index contributed by atoms with van der Waals surface area (Å²) in [5.74, 6) is 6.40. The van der Waals surface area contributed by atoms with Crippen molar-refractivity contribution in [3.63, 3.8) is 0 Å². The quantitative estimate of drug-likeness (QED) is 0.415. The van der Waals surface area contributed by atoms with E-state index in [1.54, 1.807) is 0 Å². The second-order valence-corrected chi connectivity index (χ2v) is 9.72. The molecule has 2 aromatic rings. The van der Waals surface area contributed by atoms with E-state index in [0.29, 0.717) is 6.42 Å². The van der Waals surface area contributed by atoms with Crippen LogP contribution in [0.25, 0.3) is 0 Å². The van der Waals surface area contributed by atoms with E-state index in [1.165, 1.54) is 11.1 Å². The number of aldehydes is 1. The average molecular weight is 419 g/mol. The third-order valence-corrected chi connectivity index (χ3v) is 7.09. The van der Waals surface area contributed by atoms with E-state index in [4.69, 9.17) is 0 Å². The Morgan fingerprint density at radius 1 is 0.871 bits per heavy atom. The first-order chi connectivity index (χ1) is 14.5. The molecule has 0 aliphatic heterocycles. The van der Waals surface area contributed by atoms with Crippen LogP contribution in [0.1, 0.15) is 99.0 Å². The molecule has 0 heterocycles. The van der Waals surface area contributed by atoms with Crippen molar-refractivity contribution in [2.24, 2.45) is 5.41 Å². The van der Waals surface area contributed by atoms with Crippen LogP contribution >= 0.6 is 0 Å². The van der Waals surface area contributed by atoms with Gasteiger partial charge in [0.2, 0.25) is 0 Å². The normalized spacial score (nSPS) is 13.8. The maximum atomic E-state index is 11.3. The maximum Gasteiger partial charge on any atom is 0.150 e. The van der Waals surface area contributed by atoms with Crippen molar-refractivity contribution in [1.29, 1.82) is 0 Å². The minimum absolute atomic E-state index is 0.113. The molecule has 0 spiro atoms. The topological polar surface area (TPSA) is 37.3 Å². The average Bonchev–Trinajstić information content (AvgIpc) is 2.73. The molecule has 0 saturated heterocycles. The Hall–Kier alpha value is -2.37. The molecule has 0 amide bonds. The SMILES string of the molecule is CCC(CC)(c1ccc(C#CC(O)(CC)C(C)(C)C)c(C)c1)c1ccc(C=O)c(C)c1. The second kappa shape index (κ2) is 9.41. The number of benzene rings is 2. The van der Waals surface area contributed by atoms with Gasteiger partial charge in [-0.2, -0.15) is 0 Å². The molecule has 0 aromatic heterocycles. The van der Waals surface area contributed by atoms with Crippen LogP contribution in [-0.4, -0.2) is 17.0 Å². The van der Waals surface area contributed by atoms with E-state index >= 15 is 0 Å². The summed E-state index contributed by atoms with van der Waals surface area (Å²) >= 11 is 0. The summed E-state index contributed by atoms with van der Waals surface area (Å²) in [7, 11) is 0. The van der Waals surface area contributed by atoms with E-state index in [0.717, 1.165) is 41.4 Å². The Morgan fingerprint density at radius 3 is 1.84 bits per heavy atom. The first-order valence-electron chi connectivity index (χ1n) is 11.4. The van der Waals surface area contributed by atoms with Gasteiger partial charge in [0.1, 0.15) is 11.9 Å². The highest BCUT2D eigenvalue weighted by Gasteiger charge is 2.36. The highest BCUT2D eigenvalue weighted by molar-refractivity contribution is 5.77. The van der Waals surface area contributed by atoms with Crippen LogP contribution in [0, 0.1) is 31.1 Å². The minimum atomic E-state index is -1.02. The Morgan fingerprint density at radius 2 is 1.42 bits per heavy atom. The van der Waals surface area contributed by atoms with Gasteiger partial charge in [0.15, 0.2) is 0 Å². The lowest BCUT2D eigenvalue weighted by molar-refractivity contribution is -0.00749. The van der Waals surface area contributed by atoms with Crippen molar-refractivity contribution < 1.29 is 9.90 Å². The molecule has 1 atom stereocenters. The van der Waals surface area contributed by atoms with Crippen molar-refractivity contribution in [3.05, 3.63) is 69.8 Å². The molecule has 0 bridgehead atoms. The number of aliphatic hydroxyl groups is 1. The lowest BCUT2D eigenvalue weighted by Gasteiger charge is -2.35. The Bertz CT molecular complexity index is 994. The molecular weight excluding hydrogens is 380 g/mol. The van der Waals surface area contributed by atoms with Crippen molar-refractivity contribution >= 4 is 6.29 Å². The number of hydrogen-bond acceptors (Lipinski definition) is 2. The first kappa shape index (κ1) is 24.9. The number of rotatable bonds is 6.